The Hall–Kier alpha value is -1.90. The van der Waals surface area contributed by atoms with Gasteiger partial charge in [-0.1, -0.05) is 49.6 Å². The van der Waals surface area contributed by atoms with Crippen molar-refractivity contribution in [1.82, 2.24) is 0 Å². The van der Waals surface area contributed by atoms with Crippen molar-refractivity contribution in [2.24, 2.45) is 16.8 Å². The van der Waals surface area contributed by atoms with Gasteiger partial charge in [-0.05, 0) is 50.2 Å². The largest absolute Gasteiger partial charge is 0.406 e. The van der Waals surface area contributed by atoms with Crippen LogP contribution in [0.2, 0.25) is 0 Å². The maximum Gasteiger partial charge on any atom is 0.363 e. The fraction of sp³-hybridized carbons (Fsp3) is 0.500. The molecule has 0 radical (unpaired) electrons. The van der Waals surface area contributed by atoms with Crippen LogP contribution in [-0.4, -0.2) is 11.9 Å². The second-order valence-electron chi connectivity index (χ2n) is 6.79. The Bertz CT molecular complexity index is 620. The first-order chi connectivity index (χ1) is 11.2. The number of carbonyl (C=O) groups is 1. The van der Waals surface area contributed by atoms with E-state index in [-0.39, 0.29) is 5.97 Å². The summed E-state index contributed by atoms with van der Waals surface area (Å²) in [5, 5.41) is 0. The summed E-state index contributed by atoms with van der Waals surface area (Å²) in [6.07, 6.45) is 9.03. The van der Waals surface area contributed by atoms with E-state index in [1.165, 1.54) is 31.2 Å². The molecule has 0 spiro atoms. The van der Waals surface area contributed by atoms with Crippen molar-refractivity contribution in [2.45, 2.75) is 52.4 Å². The van der Waals surface area contributed by atoms with Gasteiger partial charge in [0.05, 0.1) is 0 Å². The van der Waals surface area contributed by atoms with Crippen LogP contribution in [0.25, 0.3) is 6.08 Å². The number of aliphatic imine (C=N–C) groups is 1. The number of rotatable bonds is 4. The van der Waals surface area contributed by atoms with Crippen molar-refractivity contribution in [1.29, 1.82) is 0 Å². The highest BCUT2D eigenvalue weighted by Gasteiger charge is 2.32. The standard InChI is InChI=1S/C20H25NO2/c1-3-4-15-9-11-17(12-10-15)19-21-18(20(22)23-19)13-16-7-5-14(2)6-8-16/h5-8,13,15,17H,3-4,9-12H2,1-2H3/b18-13-. The molecule has 0 amide bonds. The summed E-state index contributed by atoms with van der Waals surface area (Å²) in [7, 11) is 0. The van der Waals surface area contributed by atoms with Crippen molar-refractivity contribution in [3.8, 4) is 0 Å². The molecule has 3 rings (SSSR count). The molecule has 0 saturated heterocycles. The van der Waals surface area contributed by atoms with Crippen LogP contribution in [0, 0.1) is 18.8 Å². The van der Waals surface area contributed by atoms with Crippen molar-refractivity contribution in [3.05, 3.63) is 41.1 Å². The van der Waals surface area contributed by atoms with E-state index >= 15 is 0 Å². The van der Waals surface area contributed by atoms with Crippen LogP contribution in [0.15, 0.2) is 35.0 Å². The highest BCUT2D eigenvalue weighted by atomic mass is 16.6. The topological polar surface area (TPSA) is 38.7 Å². The minimum atomic E-state index is -0.309. The number of hydrogen-bond acceptors (Lipinski definition) is 3. The Morgan fingerprint density at radius 3 is 2.52 bits per heavy atom. The van der Waals surface area contributed by atoms with E-state index in [4.69, 9.17) is 4.74 Å². The molecule has 0 atom stereocenters. The number of cyclic esters (lactones) is 1. The maximum atomic E-state index is 12.1. The first-order valence-electron chi connectivity index (χ1n) is 8.75. The quantitative estimate of drug-likeness (QED) is 0.586. The van der Waals surface area contributed by atoms with E-state index in [1.807, 2.05) is 37.3 Å². The van der Waals surface area contributed by atoms with Gasteiger partial charge in [-0.25, -0.2) is 9.79 Å². The van der Waals surface area contributed by atoms with Crippen LogP contribution in [0.3, 0.4) is 0 Å². The Labute approximate surface area is 138 Å². The third-order valence-corrected chi connectivity index (χ3v) is 4.91. The zero-order chi connectivity index (χ0) is 16.2. The van der Waals surface area contributed by atoms with Gasteiger partial charge in [0, 0.05) is 5.92 Å². The monoisotopic (exact) mass is 311 g/mol. The number of aryl methyl sites for hydroxylation is 1. The average Bonchev–Trinajstić information content (AvgIpc) is 2.92. The molecular weight excluding hydrogens is 286 g/mol. The Morgan fingerprint density at radius 1 is 1.17 bits per heavy atom. The average molecular weight is 311 g/mol. The van der Waals surface area contributed by atoms with Gasteiger partial charge in [0.2, 0.25) is 5.90 Å². The lowest BCUT2D eigenvalue weighted by Crippen LogP contribution is -2.22. The molecule has 1 aromatic carbocycles. The minimum absolute atomic E-state index is 0.309. The van der Waals surface area contributed by atoms with Gasteiger partial charge in [0.25, 0.3) is 0 Å². The molecular formula is C20H25NO2. The molecule has 0 bridgehead atoms. The van der Waals surface area contributed by atoms with Crippen molar-refractivity contribution >= 4 is 17.9 Å². The van der Waals surface area contributed by atoms with Gasteiger partial charge in [-0.3, -0.25) is 0 Å². The molecule has 1 aromatic rings. The first kappa shape index (κ1) is 16.0. The molecule has 2 aliphatic rings. The van der Waals surface area contributed by atoms with Crippen LogP contribution in [-0.2, 0) is 9.53 Å². The molecule has 1 aliphatic carbocycles. The molecule has 0 unspecified atom stereocenters. The summed E-state index contributed by atoms with van der Waals surface area (Å²) < 4.78 is 5.45. The van der Waals surface area contributed by atoms with Gasteiger partial charge >= 0.3 is 5.97 Å². The predicted octanol–water partition coefficient (Wildman–Crippen LogP) is 4.90. The van der Waals surface area contributed by atoms with E-state index < -0.39 is 0 Å². The fourth-order valence-corrected chi connectivity index (χ4v) is 3.53. The normalized spacial score (nSPS) is 26.3. The second kappa shape index (κ2) is 7.12. The van der Waals surface area contributed by atoms with Crippen LogP contribution in [0.4, 0.5) is 0 Å². The van der Waals surface area contributed by atoms with Crippen LogP contribution in [0.1, 0.15) is 56.6 Å². The van der Waals surface area contributed by atoms with Crippen LogP contribution < -0.4 is 0 Å². The number of esters is 1. The van der Waals surface area contributed by atoms with Gasteiger partial charge in [0.15, 0.2) is 5.70 Å². The van der Waals surface area contributed by atoms with E-state index in [0.29, 0.717) is 17.5 Å². The van der Waals surface area contributed by atoms with Crippen LogP contribution in [0.5, 0.6) is 0 Å². The minimum Gasteiger partial charge on any atom is -0.406 e. The Balaban J connectivity index is 1.68. The molecule has 1 fully saturated rings. The first-order valence-corrected chi connectivity index (χ1v) is 8.75. The molecule has 122 valence electrons. The third kappa shape index (κ3) is 3.90. The molecule has 3 heteroatoms. The molecule has 3 nitrogen and oxygen atoms in total. The highest BCUT2D eigenvalue weighted by Crippen LogP contribution is 2.34. The smallest absolute Gasteiger partial charge is 0.363 e. The molecule has 1 heterocycles. The maximum absolute atomic E-state index is 12.1. The molecule has 1 aliphatic heterocycles. The SMILES string of the molecule is CCCC1CCC(C2=N/C(=C\c3ccc(C)cc3)C(=O)O2)CC1. The molecule has 0 aromatic heterocycles. The second-order valence-corrected chi connectivity index (χ2v) is 6.79. The number of benzene rings is 1. The van der Waals surface area contributed by atoms with E-state index in [2.05, 4.69) is 11.9 Å². The molecule has 23 heavy (non-hydrogen) atoms. The number of carbonyl (C=O) groups excluding carboxylic acids is 1. The number of hydrogen-bond donors (Lipinski definition) is 0. The van der Waals surface area contributed by atoms with Crippen LogP contribution >= 0.6 is 0 Å². The summed E-state index contributed by atoms with van der Waals surface area (Å²) in [4.78, 5) is 16.5. The third-order valence-electron chi connectivity index (χ3n) is 4.91. The lowest BCUT2D eigenvalue weighted by Gasteiger charge is -2.27. The summed E-state index contributed by atoms with van der Waals surface area (Å²) in [6, 6.07) is 8.07. The van der Waals surface area contributed by atoms with E-state index in [1.54, 1.807) is 0 Å². The zero-order valence-corrected chi connectivity index (χ0v) is 14.0. The molecule has 1 saturated carbocycles. The highest BCUT2D eigenvalue weighted by molar-refractivity contribution is 6.07. The Kier molecular flexibility index (Phi) is 4.94. The molecule has 0 N–H and O–H groups in total. The van der Waals surface area contributed by atoms with Crippen molar-refractivity contribution in [3.63, 3.8) is 0 Å². The van der Waals surface area contributed by atoms with Gasteiger partial charge in [-0.2, -0.15) is 0 Å². The predicted molar refractivity (Wildman–Crippen MR) is 93.0 cm³/mol. The van der Waals surface area contributed by atoms with Gasteiger partial charge < -0.3 is 4.74 Å². The Morgan fingerprint density at radius 2 is 1.87 bits per heavy atom. The summed E-state index contributed by atoms with van der Waals surface area (Å²) >= 11 is 0. The van der Waals surface area contributed by atoms with E-state index in [0.717, 1.165) is 24.3 Å². The lowest BCUT2D eigenvalue weighted by atomic mass is 9.80. The zero-order valence-electron chi connectivity index (χ0n) is 14.0. The summed E-state index contributed by atoms with van der Waals surface area (Å²) in [5.41, 5.74) is 2.62. The van der Waals surface area contributed by atoms with Gasteiger partial charge in [-0.15, -0.1) is 0 Å². The lowest BCUT2D eigenvalue weighted by molar-refractivity contribution is -0.130. The van der Waals surface area contributed by atoms with Crippen molar-refractivity contribution in [2.75, 3.05) is 0 Å². The van der Waals surface area contributed by atoms with E-state index in [9.17, 15) is 4.79 Å². The summed E-state index contributed by atoms with van der Waals surface area (Å²) in [5.74, 6) is 1.49. The number of ether oxygens (including phenoxy) is 1. The van der Waals surface area contributed by atoms with Gasteiger partial charge in [0.1, 0.15) is 0 Å². The summed E-state index contributed by atoms with van der Waals surface area (Å²) in [6.45, 7) is 4.29. The fourth-order valence-electron chi connectivity index (χ4n) is 3.53. The van der Waals surface area contributed by atoms with Crippen molar-refractivity contribution < 1.29 is 9.53 Å². The number of nitrogens with zero attached hydrogens (tertiary/aromatic N) is 1.